The monoisotopic (exact) mass is 145 g/mol. The van der Waals surface area contributed by atoms with E-state index in [4.69, 9.17) is 9.59 Å². The van der Waals surface area contributed by atoms with Crippen molar-refractivity contribution in [2.24, 2.45) is 0 Å². The van der Waals surface area contributed by atoms with Crippen molar-refractivity contribution in [3.63, 3.8) is 0 Å². The SMILES string of the molecule is C=CC(=N)OSCCC. The van der Waals surface area contributed by atoms with Crippen LogP contribution in [0.15, 0.2) is 12.7 Å². The first-order valence-electron chi connectivity index (χ1n) is 2.81. The molecule has 1 N–H and O–H groups in total. The molecule has 0 aromatic rings. The van der Waals surface area contributed by atoms with Crippen molar-refractivity contribution in [3.05, 3.63) is 12.7 Å². The lowest BCUT2D eigenvalue weighted by atomic mass is 10.6. The molecule has 0 rings (SSSR count). The molecule has 2 nitrogen and oxygen atoms in total. The fourth-order valence-electron chi connectivity index (χ4n) is 0.223. The molecule has 3 heteroatoms. The van der Waals surface area contributed by atoms with Crippen molar-refractivity contribution >= 4 is 17.9 Å². The van der Waals surface area contributed by atoms with Gasteiger partial charge in [0.2, 0.25) is 5.90 Å². The second kappa shape index (κ2) is 5.69. The number of nitrogens with one attached hydrogen (secondary N) is 1. The molecule has 0 aromatic heterocycles. The first kappa shape index (κ1) is 8.56. The minimum Gasteiger partial charge on any atom is -0.406 e. The molecule has 0 aromatic carbocycles. The third-order valence-electron chi connectivity index (χ3n) is 0.622. The lowest BCUT2D eigenvalue weighted by molar-refractivity contribution is 0.643. The molecule has 0 aliphatic carbocycles. The van der Waals surface area contributed by atoms with Crippen LogP contribution < -0.4 is 0 Å². The summed E-state index contributed by atoms with van der Waals surface area (Å²) in [5, 5.41) is 6.95. The normalized spacial score (nSPS) is 8.56. The standard InChI is InChI=1S/C6H11NOS/c1-3-5-9-8-6(7)4-2/h4,7H,2-3,5H2,1H3. The summed E-state index contributed by atoms with van der Waals surface area (Å²) < 4.78 is 4.81. The summed E-state index contributed by atoms with van der Waals surface area (Å²) in [7, 11) is 0. The summed E-state index contributed by atoms with van der Waals surface area (Å²) in [5.74, 6) is 1.06. The van der Waals surface area contributed by atoms with Gasteiger partial charge in [-0.15, -0.1) is 0 Å². The fraction of sp³-hybridized carbons (Fsp3) is 0.500. The zero-order valence-corrected chi connectivity index (χ0v) is 6.33. The van der Waals surface area contributed by atoms with Crippen molar-refractivity contribution in [2.45, 2.75) is 13.3 Å². The van der Waals surface area contributed by atoms with Crippen LogP contribution in [-0.2, 0) is 4.18 Å². The molecule has 0 fully saturated rings. The largest absolute Gasteiger partial charge is 0.406 e. The van der Waals surface area contributed by atoms with Gasteiger partial charge in [0.15, 0.2) is 0 Å². The molecule has 0 atom stereocenters. The molecule has 0 saturated carbocycles. The lowest BCUT2D eigenvalue weighted by Crippen LogP contribution is -1.90. The number of rotatable bonds is 4. The van der Waals surface area contributed by atoms with E-state index in [9.17, 15) is 0 Å². The minimum absolute atomic E-state index is 0.133. The fourth-order valence-corrected chi connectivity index (χ4v) is 0.668. The molecule has 0 heterocycles. The van der Waals surface area contributed by atoms with E-state index in [1.165, 1.54) is 18.1 Å². The van der Waals surface area contributed by atoms with Gasteiger partial charge in [0.25, 0.3) is 0 Å². The second-order valence-electron chi connectivity index (χ2n) is 1.47. The zero-order valence-electron chi connectivity index (χ0n) is 5.52. The van der Waals surface area contributed by atoms with Crippen LogP contribution in [0.25, 0.3) is 0 Å². The van der Waals surface area contributed by atoms with Gasteiger partial charge in [-0.25, -0.2) is 0 Å². The third kappa shape index (κ3) is 5.43. The van der Waals surface area contributed by atoms with Gasteiger partial charge in [0.1, 0.15) is 0 Å². The molecule has 0 aliphatic rings. The maximum atomic E-state index is 6.95. The van der Waals surface area contributed by atoms with Gasteiger partial charge in [-0.3, -0.25) is 5.41 Å². The summed E-state index contributed by atoms with van der Waals surface area (Å²) in [4.78, 5) is 0. The summed E-state index contributed by atoms with van der Waals surface area (Å²) in [6.07, 6.45) is 2.44. The van der Waals surface area contributed by atoms with Crippen LogP contribution in [0.3, 0.4) is 0 Å². The average molecular weight is 145 g/mol. The topological polar surface area (TPSA) is 33.1 Å². The van der Waals surface area contributed by atoms with E-state index in [-0.39, 0.29) is 5.90 Å². The Labute approximate surface area is 60.0 Å². The van der Waals surface area contributed by atoms with Gasteiger partial charge >= 0.3 is 0 Å². The molecule has 0 bridgehead atoms. The Hall–Kier alpha value is -0.440. The summed E-state index contributed by atoms with van der Waals surface area (Å²) >= 11 is 1.29. The zero-order chi connectivity index (χ0) is 7.11. The molecule has 0 saturated heterocycles. The molecule has 52 valence electrons. The highest BCUT2D eigenvalue weighted by Crippen LogP contribution is 2.03. The van der Waals surface area contributed by atoms with Crippen molar-refractivity contribution in [3.8, 4) is 0 Å². The van der Waals surface area contributed by atoms with Gasteiger partial charge < -0.3 is 4.18 Å². The first-order valence-corrected chi connectivity index (χ1v) is 3.72. The van der Waals surface area contributed by atoms with Crippen LogP contribution >= 0.6 is 12.0 Å². The maximum Gasteiger partial charge on any atom is 0.219 e. The van der Waals surface area contributed by atoms with Crippen molar-refractivity contribution in [1.29, 1.82) is 5.41 Å². The highest BCUT2D eigenvalue weighted by molar-refractivity contribution is 7.95. The Morgan fingerprint density at radius 3 is 3.00 bits per heavy atom. The molecule has 0 aliphatic heterocycles. The lowest BCUT2D eigenvalue weighted by Gasteiger charge is -1.97. The van der Waals surface area contributed by atoms with Crippen LogP contribution in [-0.4, -0.2) is 11.7 Å². The van der Waals surface area contributed by atoms with Crippen molar-refractivity contribution < 1.29 is 4.18 Å². The van der Waals surface area contributed by atoms with E-state index >= 15 is 0 Å². The maximum absolute atomic E-state index is 6.95. The summed E-state index contributed by atoms with van der Waals surface area (Å²) in [6, 6.07) is 0. The van der Waals surface area contributed by atoms with Gasteiger partial charge in [0, 0.05) is 5.75 Å². The van der Waals surface area contributed by atoms with Crippen LogP contribution in [0.4, 0.5) is 0 Å². The quantitative estimate of drug-likeness (QED) is 0.285. The van der Waals surface area contributed by atoms with Crippen LogP contribution in [0.2, 0.25) is 0 Å². The van der Waals surface area contributed by atoms with E-state index in [1.54, 1.807) is 0 Å². The number of hydrogen-bond donors (Lipinski definition) is 1. The molecule has 9 heavy (non-hydrogen) atoms. The average Bonchev–Trinajstić information content (AvgIpc) is 1.89. The molecular formula is C6H11NOS. The minimum atomic E-state index is 0.133. The van der Waals surface area contributed by atoms with Crippen LogP contribution in [0.1, 0.15) is 13.3 Å². The molecule has 0 amide bonds. The smallest absolute Gasteiger partial charge is 0.219 e. The summed E-state index contributed by atoms with van der Waals surface area (Å²) in [6.45, 7) is 5.44. The van der Waals surface area contributed by atoms with Crippen molar-refractivity contribution in [1.82, 2.24) is 0 Å². The predicted molar refractivity (Wildman–Crippen MR) is 41.8 cm³/mol. The van der Waals surface area contributed by atoms with Gasteiger partial charge in [-0.2, -0.15) is 0 Å². The predicted octanol–water partition coefficient (Wildman–Crippen LogP) is 2.22. The second-order valence-corrected chi connectivity index (χ2v) is 2.28. The summed E-state index contributed by atoms with van der Waals surface area (Å²) in [5.41, 5.74) is 0. The number of hydrogen-bond acceptors (Lipinski definition) is 3. The van der Waals surface area contributed by atoms with E-state index < -0.39 is 0 Å². The Bertz CT molecular complexity index is 103. The third-order valence-corrected chi connectivity index (χ3v) is 1.49. The van der Waals surface area contributed by atoms with E-state index in [0.29, 0.717) is 0 Å². The van der Waals surface area contributed by atoms with E-state index in [2.05, 4.69) is 13.5 Å². The van der Waals surface area contributed by atoms with Gasteiger partial charge in [-0.1, -0.05) is 13.5 Å². The van der Waals surface area contributed by atoms with E-state index in [0.717, 1.165) is 12.2 Å². The van der Waals surface area contributed by atoms with E-state index in [1.807, 2.05) is 0 Å². The first-order chi connectivity index (χ1) is 4.31. The Kier molecular flexibility index (Phi) is 5.41. The molecule has 0 radical (unpaired) electrons. The highest BCUT2D eigenvalue weighted by atomic mass is 32.2. The van der Waals surface area contributed by atoms with Gasteiger partial charge in [0.05, 0.1) is 12.0 Å². The molecular weight excluding hydrogens is 134 g/mol. The molecule has 0 spiro atoms. The molecule has 0 unspecified atom stereocenters. The Morgan fingerprint density at radius 1 is 1.89 bits per heavy atom. The van der Waals surface area contributed by atoms with Crippen molar-refractivity contribution in [2.75, 3.05) is 5.75 Å². The van der Waals surface area contributed by atoms with Gasteiger partial charge in [-0.05, 0) is 12.5 Å². The Balaban J connectivity index is 3.07. The highest BCUT2D eigenvalue weighted by Gasteiger charge is 1.88. The van der Waals surface area contributed by atoms with Crippen LogP contribution in [0, 0.1) is 5.41 Å². The van der Waals surface area contributed by atoms with Crippen LogP contribution in [0.5, 0.6) is 0 Å². The Morgan fingerprint density at radius 2 is 2.56 bits per heavy atom.